The number of carboxylic acids is 1. The fourth-order valence-electron chi connectivity index (χ4n) is 4.40. The Labute approximate surface area is 220 Å². The van der Waals surface area contributed by atoms with Gasteiger partial charge < -0.3 is 33.5 Å². The fourth-order valence-corrected chi connectivity index (χ4v) is 4.40. The van der Waals surface area contributed by atoms with E-state index in [1.165, 1.54) is 21.3 Å². The average molecular weight is 521 g/mol. The average Bonchev–Trinajstić information content (AvgIpc) is 3.39. The van der Waals surface area contributed by atoms with Crippen LogP contribution in [0, 0.1) is 6.92 Å². The summed E-state index contributed by atoms with van der Waals surface area (Å²) in [6, 6.07) is 13.1. The molecule has 0 atom stereocenters. The number of carbonyl (C=O) groups excluding carboxylic acids is 1. The molecular formula is C29H28O9. The number of carbonyl (C=O) groups is 2. The van der Waals surface area contributed by atoms with Crippen molar-refractivity contribution in [2.75, 3.05) is 35.2 Å². The normalized spacial score (nSPS) is 12.4. The Kier molecular flexibility index (Phi) is 7.76. The van der Waals surface area contributed by atoms with Crippen LogP contribution in [0.1, 0.15) is 27.0 Å². The number of ketones is 1. The Morgan fingerprint density at radius 1 is 0.789 bits per heavy atom. The SMILES string of the molecule is COc1ccc(C(=O)C(Cc2cc(OC)c(OC)c(OC)c2)=C(C(=O)O)c2ccc3c(c2)OCO3)cc1C. The molecule has 1 aliphatic heterocycles. The van der Waals surface area contributed by atoms with Crippen LogP contribution in [0.5, 0.6) is 34.5 Å². The number of methoxy groups -OCH3 is 4. The molecule has 1 heterocycles. The van der Waals surface area contributed by atoms with Crippen molar-refractivity contribution in [1.29, 1.82) is 0 Å². The third-order valence-electron chi connectivity index (χ3n) is 6.21. The Balaban J connectivity index is 1.92. The molecule has 9 heteroatoms. The number of ether oxygens (including phenoxy) is 6. The van der Waals surface area contributed by atoms with Crippen molar-refractivity contribution in [3.8, 4) is 34.5 Å². The molecule has 0 radical (unpaired) electrons. The second kappa shape index (κ2) is 11.2. The monoisotopic (exact) mass is 520 g/mol. The number of allylic oxidation sites excluding steroid dienone is 1. The zero-order chi connectivity index (χ0) is 27.4. The molecular weight excluding hydrogens is 492 g/mol. The molecule has 0 amide bonds. The summed E-state index contributed by atoms with van der Waals surface area (Å²) in [5.41, 5.74) is 1.87. The molecule has 3 aromatic rings. The van der Waals surface area contributed by atoms with Crippen LogP contribution in [0.2, 0.25) is 0 Å². The maximum atomic E-state index is 14.0. The van der Waals surface area contributed by atoms with Crippen molar-refractivity contribution in [3.05, 3.63) is 76.4 Å². The lowest BCUT2D eigenvalue weighted by Gasteiger charge is -2.17. The lowest BCUT2D eigenvalue weighted by molar-refractivity contribution is -0.130. The molecule has 0 aromatic heterocycles. The number of hydrogen-bond donors (Lipinski definition) is 1. The van der Waals surface area contributed by atoms with Crippen LogP contribution in [-0.4, -0.2) is 52.1 Å². The van der Waals surface area contributed by atoms with Crippen molar-refractivity contribution < 1.29 is 43.1 Å². The Morgan fingerprint density at radius 3 is 2.00 bits per heavy atom. The maximum Gasteiger partial charge on any atom is 0.336 e. The molecule has 3 aromatic carbocycles. The first kappa shape index (κ1) is 26.4. The molecule has 0 saturated carbocycles. The van der Waals surface area contributed by atoms with Gasteiger partial charge in [-0.15, -0.1) is 0 Å². The molecule has 0 saturated heterocycles. The Morgan fingerprint density at radius 2 is 1.42 bits per heavy atom. The van der Waals surface area contributed by atoms with Gasteiger partial charge in [0.25, 0.3) is 0 Å². The van der Waals surface area contributed by atoms with Gasteiger partial charge in [-0.3, -0.25) is 4.79 Å². The van der Waals surface area contributed by atoms with E-state index >= 15 is 0 Å². The first-order valence-electron chi connectivity index (χ1n) is 11.7. The highest BCUT2D eigenvalue weighted by molar-refractivity contribution is 6.26. The van der Waals surface area contributed by atoms with Crippen LogP contribution in [0.3, 0.4) is 0 Å². The highest BCUT2D eigenvalue weighted by atomic mass is 16.7. The van der Waals surface area contributed by atoms with E-state index < -0.39 is 11.8 Å². The van der Waals surface area contributed by atoms with Gasteiger partial charge in [-0.1, -0.05) is 6.07 Å². The minimum Gasteiger partial charge on any atom is -0.496 e. The van der Waals surface area contributed by atoms with Crippen LogP contribution in [0.25, 0.3) is 5.57 Å². The van der Waals surface area contributed by atoms with Crippen molar-refractivity contribution in [2.24, 2.45) is 0 Å². The van der Waals surface area contributed by atoms with Crippen molar-refractivity contribution in [1.82, 2.24) is 0 Å². The quantitative estimate of drug-likeness (QED) is 0.300. The van der Waals surface area contributed by atoms with E-state index in [4.69, 9.17) is 28.4 Å². The van der Waals surface area contributed by atoms with Crippen molar-refractivity contribution in [3.63, 3.8) is 0 Å². The van der Waals surface area contributed by atoms with Gasteiger partial charge in [0, 0.05) is 17.6 Å². The molecule has 0 fully saturated rings. The summed E-state index contributed by atoms with van der Waals surface area (Å²) in [7, 11) is 6.00. The molecule has 0 unspecified atom stereocenters. The largest absolute Gasteiger partial charge is 0.496 e. The predicted octanol–water partition coefficient (Wildman–Crippen LogP) is 4.72. The highest BCUT2D eigenvalue weighted by Gasteiger charge is 2.27. The van der Waals surface area contributed by atoms with E-state index in [2.05, 4.69) is 0 Å². The van der Waals surface area contributed by atoms with Crippen molar-refractivity contribution in [2.45, 2.75) is 13.3 Å². The van der Waals surface area contributed by atoms with Gasteiger partial charge in [-0.2, -0.15) is 0 Å². The third kappa shape index (κ3) is 5.08. The fraction of sp³-hybridized carbons (Fsp3) is 0.241. The number of rotatable bonds is 10. The van der Waals surface area contributed by atoms with Gasteiger partial charge in [0.15, 0.2) is 28.8 Å². The number of carboxylic acid groups (broad SMARTS) is 1. The summed E-state index contributed by atoms with van der Waals surface area (Å²) in [4.78, 5) is 26.7. The van der Waals surface area contributed by atoms with Crippen molar-refractivity contribution >= 4 is 17.3 Å². The summed E-state index contributed by atoms with van der Waals surface area (Å²) in [5.74, 6) is 0.969. The van der Waals surface area contributed by atoms with Crippen LogP contribution in [0.15, 0.2) is 54.1 Å². The molecule has 0 bridgehead atoms. The molecule has 38 heavy (non-hydrogen) atoms. The number of aliphatic carboxylic acids is 1. The van der Waals surface area contributed by atoms with E-state index in [1.54, 1.807) is 55.6 Å². The summed E-state index contributed by atoms with van der Waals surface area (Å²) < 4.78 is 32.5. The van der Waals surface area contributed by atoms with Gasteiger partial charge in [0.2, 0.25) is 12.5 Å². The lowest BCUT2D eigenvalue weighted by Crippen LogP contribution is -2.14. The number of aryl methyl sites for hydroxylation is 1. The molecule has 9 nitrogen and oxygen atoms in total. The van der Waals surface area contributed by atoms with Gasteiger partial charge in [-0.25, -0.2) is 4.79 Å². The zero-order valence-electron chi connectivity index (χ0n) is 21.7. The van der Waals surface area contributed by atoms with Gasteiger partial charge in [-0.05, 0) is 66.1 Å². The van der Waals surface area contributed by atoms with Crippen LogP contribution in [0.4, 0.5) is 0 Å². The summed E-state index contributed by atoms with van der Waals surface area (Å²) in [5, 5.41) is 10.4. The minimum atomic E-state index is -1.26. The second-order valence-electron chi connectivity index (χ2n) is 8.45. The lowest BCUT2D eigenvalue weighted by atomic mass is 9.88. The van der Waals surface area contributed by atoms with Crippen LogP contribution < -0.4 is 28.4 Å². The maximum absolute atomic E-state index is 14.0. The molecule has 0 spiro atoms. The zero-order valence-corrected chi connectivity index (χ0v) is 21.7. The van der Waals surface area contributed by atoms with Gasteiger partial charge in [0.1, 0.15) is 5.75 Å². The van der Waals surface area contributed by atoms with Crippen LogP contribution >= 0.6 is 0 Å². The van der Waals surface area contributed by atoms with Gasteiger partial charge in [0.05, 0.1) is 34.0 Å². The van der Waals surface area contributed by atoms with E-state index in [-0.39, 0.29) is 24.4 Å². The minimum absolute atomic E-state index is 0.0311. The molecule has 1 aliphatic rings. The summed E-state index contributed by atoms with van der Waals surface area (Å²) in [6.07, 6.45) is -0.0311. The predicted molar refractivity (Wildman–Crippen MR) is 139 cm³/mol. The summed E-state index contributed by atoms with van der Waals surface area (Å²) >= 11 is 0. The summed E-state index contributed by atoms with van der Waals surface area (Å²) in [6.45, 7) is 1.85. The first-order chi connectivity index (χ1) is 18.3. The number of benzene rings is 3. The van der Waals surface area contributed by atoms with E-state index in [0.29, 0.717) is 51.2 Å². The number of hydrogen-bond acceptors (Lipinski definition) is 8. The topological polar surface area (TPSA) is 110 Å². The van der Waals surface area contributed by atoms with E-state index in [1.807, 2.05) is 6.92 Å². The number of Topliss-reactive ketones (excluding diaryl/α,β-unsaturated/α-hetero) is 1. The Hall–Kier alpha value is -4.66. The van der Waals surface area contributed by atoms with E-state index in [0.717, 1.165) is 5.56 Å². The van der Waals surface area contributed by atoms with E-state index in [9.17, 15) is 14.7 Å². The third-order valence-corrected chi connectivity index (χ3v) is 6.21. The van der Waals surface area contributed by atoms with Gasteiger partial charge >= 0.3 is 5.97 Å². The molecule has 4 rings (SSSR count). The second-order valence-corrected chi connectivity index (χ2v) is 8.45. The number of fused-ring (bicyclic) bond motifs is 1. The standard InChI is InChI=1S/C29H28O9/c1-16-10-19(7-8-21(16)33-2)27(30)20(11-17-12-24(34-3)28(36-5)25(13-17)35-4)26(29(31)32)18-6-9-22-23(14-18)38-15-37-22/h6-10,12-14H,11,15H2,1-5H3,(H,31,32). The first-order valence-corrected chi connectivity index (χ1v) is 11.7. The molecule has 198 valence electrons. The smallest absolute Gasteiger partial charge is 0.336 e. The highest BCUT2D eigenvalue weighted by Crippen LogP contribution is 2.40. The molecule has 1 N–H and O–H groups in total. The van der Waals surface area contributed by atoms with Crippen LogP contribution in [-0.2, 0) is 11.2 Å². The Bertz CT molecular complexity index is 1400. The molecule has 0 aliphatic carbocycles.